The van der Waals surface area contributed by atoms with Crippen molar-refractivity contribution in [2.24, 2.45) is 10.6 Å². The average molecular weight is 312 g/mol. The molecule has 1 aliphatic carbocycles. The van der Waals surface area contributed by atoms with E-state index in [4.69, 9.17) is 5.14 Å². The van der Waals surface area contributed by atoms with Crippen molar-refractivity contribution in [1.82, 2.24) is 0 Å². The summed E-state index contributed by atoms with van der Waals surface area (Å²) in [4.78, 5) is 11.6. The molecule has 7 heteroatoms. The molecule has 0 aliphatic heterocycles. The minimum absolute atomic E-state index is 0.0395. The van der Waals surface area contributed by atoms with Crippen LogP contribution in [-0.2, 0) is 14.8 Å². The monoisotopic (exact) mass is 312 g/mol. The predicted octanol–water partition coefficient (Wildman–Crippen LogP) is 1.78. The van der Waals surface area contributed by atoms with Gasteiger partial charge < -0.3 is 10.4 Å². The van der Waals surface area contributed by atoms with Crippen LogP contribution >= 0.6 is 0 Å². The Morgan fingerprint density at radius 1 is 1.33 bits per heavy atom. The summed E-state index contributed by atoms with van der Waals surface area (Å²) in [7, 11) is -3.71. The molecule has 0 aromatic heterocycles. The lowest BCUT2D eigenvalue weighted by atomic mass is 9.71. The van der Waals surface area contributed by atoms with Crippen LogP contribution in [0, 0.1) is 5.41 Å². The molecule has 0 bridgehead atoms. The average Bonchev–Trinajstić information content (AvgIpc) is 2.41. The van der Waals surface area contributed by atoms with E-state index in [1.165, 1.54) is 12.1 Å². The third kappa shape index (κ3) is 3.36. The third-order valence-corrected chi connectivity index (χ3v) is 5.15. The number of hydrogen-bond donors (Lipinski definition) is 3. The SMILES string of the molecule is CC1(C(=O)O)CCCCC1Nc1ccc(S(N)(=O)=O)cc1. The summed E-state index contributed by atoms with van der Waals surface area (Å²) in [5.41, 5.74) is -0.113. The van der Waals surface area contributed by atoms with E-state index in [9.17, 15) is 18.3 Å². The normalized spacial score (nSPS) is 26.3. The highest BCUT2D eigenvalue weighted by atomic mass is 32.2. The number of aliphatic carboxylic acids is 1. The van der Waals surface area contributed by atoms with E-state index in [2.05, 4.69) is 5.32 Å². The standard InChI is InChI=1S/C14H20N2O4S/c1-14(13(17)18)9-3-2-4-12(14)16-10-5-7-11(8-6-10)21(15,19)20/h5-8,12,16H,2-4,9H2,1H3,(H,17,18)(H2,15,19,20). The molecule has 116 valence electrons. The molecule has 0 heterocycles. The first-order chi connectivity index (χ1) is 9.73. The first-order valence-electron chi connectivity index (χ1n) is 6.86. The van der Waals surface area contributed by atoms with Crippen LogP contribution in [0.25, 0.3) is 0 Å². The number of sulfonamides is 1. The van der Waals surface area contributed by atoms with Gasteiger partial charge in [-0.3, -0.25) is 4.79 Å². The molecule has 0 amide bonds. The number of anilines is 1. The van der Waals surface area contributed by atoms with E-state index in [1.54, 1.807) is 19.1 Å². The molecule has 0 saturated heterocycles. The minimum Gasteiger partial charge on any atom is -0.481 e. The van der Waals surface area contributed by atoms with Crippen molar-refractivity contribution < 1.29 is 18.3 Å². The number of nitrogens with two attached hydrogens (primary N) is 1. The Hall–Kier alpha value is -1.60. The van der Waals surface area contributed by atoms with Gasteiger partial charge in [-0.25, -0.2) is 13.6 Å². The van der Waals surface area contributed by atoms with Crippen LogP contribution in [0.3, 0.4) is 0 Å². The van der Waals surface area contributed by atoms with Gasteiger partial charge in [0, 0.05) is 11.7 Å². The Bertz CT molecular complexity index is 627. The second-order valence-corrected chi connectivity index (χ2v) is 7.30. The van der Waals surface area contributed by atoms with Crippen LogP contribution in [0.2, 0.25) is 0 Å². The molecule has 2 unspecified atom stereocenters. The van der Waals surface area contributed by atoms with Crippen molar-refractivity contribution in [2.45, 2.75) is 43.5 Å². The summed E-state index contributed by atoms with van der Waals surface area (Å²) < 4.78 is 22.4. The fourth-order valence-corrected chi connectivity index (χ4v) is 3.28. The Kier molecular flexibility index (Phi) is 4.25. The summed E-state index contributed by atoms with van der Waals surface area (Å²) >= 11 is 0. The van der Waals surface area contributed by atoms with Gasteiger partial charge in [-0.15, -0.1) is 0 Å². The van der Waals surface area contributed by atoms with Gasteiger partial charge in [-0.1, -0.05) is 12.8 Å². The van der Waals surface area contributed by atoms with Gasteiger partial charge in [0.15, 0.2) is 0 Å². The molecule has 6 nitrogen and oxygen atoms in total. The van der Waals surface area contributed by atoms with Crippen LogP contribution < -0.4 is 10.5 Å². The van der Waals surface area contributed by atoms with Crippen molar-refractivity contribution in [1.29, 1.82) is 0 Å². The smallest absolute Gasteiger partial charge is 0.311 e. The molecule has 2 rings (SSSR count). The Morgan fingerprint density at radius 2 is 1.95 bits per heavy atom. The number of carboxylic acid groups (broad SMARTS) is 1. The van der Waals surface area contributed by atoms with E-state index in [-0.39, 0.29) is 10.9 Å². The zero-order valence-electron chi connectivity index (χ0n) is 11.9. The highest BCUT2D eigenvalue weighted by Gasteiger charge is 2.43. The zero-order valence-corrected chi connectivity index (χ0v) is 12.7. The van der Waals surface area contributed by atoms with Gasteiger partial charge in [0.25, 0.3) is 0 Å². The highest BCUT2D eigenvalue weighted by Crippen LogP contribution is 2.38. The van der Waals surface area contributed by atoms with Crippen molar-refractivity contribution in [3.05, 3.63) is 24.3 Å². The minimum atomic E-state index is -3.71. The fourth-order valence-electron chi connectivity index (χ4n) is 2.76. The second-order valence-electron chi connectivity index (χ2n) is 5.73. The first-order valence-corrected chi connectivity index (χ1v) is 8.41. The van der Waals surface area contributed by atoms with E-state index in [0.29, 0.717) is 12.1 Å². The number of hydrogen-bond acceptors (Lipinski definition) is 4. The lowest BCUT2D eigenvalue weighted by Crippen LogP contribution is -2.46. The number of rotatable bonds is 4. The van der Waals surface area contributed by atoms with Gasteiger partial charge >= 0.3 is 5.97 Å². The van der Waals surface area contributed by atoms with Gasteiger partial charge in [0.05, 0.1) is 10.3 Å². The quantitative estimate of drug-likeness (QED) is 0.785. The largest absolute Gasteiger partial charge is 0.481 e. The van der Waals surface area contributed by atoms with Crippen molar-refractivity contribution >= 4 is 21.7 Å². The van der Waals surface area contributed by atoms with E-state index in [0.717, 1.165) is 19.3 Å². The molecule has 21 heavy (non-hydrogen) atoms. The van der Waals surface area contributed by atoms with E-state index < -0.39 is 21.4 Å². The first kappa shape index (κ1) is 15.8. The summed E-state index contributed by atoms with van der Waals surface area (Å²) in [6, 6.07) is 5.87. The summed E-state index contributed by atoms with van der Waals surface area (Å²) in [5.74, 6) is -0.805. The van der Waals surface area contributed by atoms with Crippen LogP contribution in [-0.4, -0.2) is 25.5 Å². The topological polar surface area (TPSA) is 109 Å². The maximum absolute atomic E-state index is 11.5. The number of nitrogens with one attached hydrogen (secondary N) is 1. The van der Waals surface area contributed by atoms with Crippen molar-refractivity contribution in [3.8, 4) is 0 Å². The maximum Gasteiger partial charge on any atom is 0.311 e. The third-order valence-electron chi connectivity index (χ3n) is 4.22. The molecular weight excluding hydrogens is 292 g/mol. The molecule has 0 spiro atoms. The number of carbonyl (C=O) groups is 1. The predicted molar refractivity (Wildman–Crippen MR) is 79.4 cm³/mol. The lowest BCUT2D eigenvalue weighted by Gasteiger charge is -2.39. The molecule has 4 N–H and O–H groups in total. The van der Waals surface area contributed by atoms with Crippen molar-refractivity contribution in [2.75, 3.05) is 5.32 Å². The van der Waals surface area contributed by atoms with E-state index >= 15 is 0 Å². The van der Waals surface area contributed by atoms with Crippen molar-refractivity contribution in [3.63, 3.8) is 0 Å². The maximum atomic E-state index is 11.5. The number of carboxylic acids is 1. The molecule has 1 fully saturated rings. The summed E-state index contributed by atoms with van der Waals surface area (Å²) in [6.45, 7) is 1.75. The van der Waals surface area contributed by atoms with Gasteiger partial charge in [-0.2, -0.15) is 0 Å². The Labute approximate surface area is 124 Å². The van der Waals surface area contributed by atoms with Crippen LogP contribution in [0.1, 0.15) is 32.6 Å². The number of primary sulfonamides is 1. The van der Waals surface area contributed by atoms with Gasteiger partial charge in [-0.05, 0) is 44.0 Å². The molecular formula is C14H20N2O4S. The lowest BCUT2D eigenvalue weighted by molar-refractivity contribution is -0.150. The Balaban J connectivity index is 2.18. The molecule has 1 aromatic rings. The van der Waals surface area contributed by atoms with Crippen LogP contribution in [0.4, 0.5) is 5.69 Å². The van der Waals surface area contributed by atoms with Gasteiger partial charge in [0.1, 0.15) is 0 Å². The molecule has 1 aromatic carbocycles. The summed E-state index contributed by atoms with van der Waals surface area (Å²) in [6.07, 6.45) is 3.30. The highest BCUT2D eigenvalue weighted by molar-refractivity contribution is 7.89. The zero-order chi connectivity index (χ0) is 15.7. The second kappa shape index (κ2) is 5.65. The van der Waals surface area contributed by atoms with Gasteiger partial charge in [0.2, 0.25) is 10.0 Å². The molecule has 0 radical (unpaired) electrons. The van der Waals surface area contributed by atoms with E-state index in [1.807, 2.05) is 0 Å². The van der Waals surface area contributed by atoms with Crippen LogP contribution in [0.5, 0.6) is 0 Å². The van der Waals surface area contributed by atoms with Crippen LogP contribution in [0.15, 0.2) is 29.2 Å². The Morgan fingerprint density at radius 3 is 2.48 bits per heavy atom. The molecule has 1 saturated carbocycles. The molecule has 1 aliphatic rings. The number of benzene rings is 1. The molecule has 2 atom stereocenters. The fraction of sp³-hybridized carbons (Fsp3) is 0.500. The summed E-state index contributed by atoms with van der Waals surface area (Å²) in [5, 5.41) is 17.7.